The maximum absolute atomic E-state index is 13.5. The van der Waals surface area contributed by atoms with E-state index in [1.54, 1.807) is 0 Å². The van der Waals surface area contributed by atoms with E-state index in [4.69, 9.17) is 14.2 Å². The van der Waals surface area contributed by atoms with Crippen molar-refractivity contribution in [2.45, 2.75) is 106 Å². The van der Waals surface area contributed by atoms with E-state index in [0.717, 1.165) is 25.8 Å². The van der Waals surface area contributed by atoms with Gasteiger partial charge in [-0.05, 0) is 49.9 Å². The lowest BCUT2D eigenvalue weighted by Gasteiger charge is -2.44. The van der Waals surface area contributed by atoms with Crippen molar-refractivity contribution in [2.24, 2.45) is 17.8 Å². The molecular formula is C27H44N2O8S. The van der Waals surface area contributed by atoms with E-state index < -0.39 is 47.9 Å². The van der Waals surface area contributed by atoms with E-state index >= 15 is 0 Å². The number of nitrogens with one attached hydrogen (secondary N) is 2. The van der Waals surface area contributed by atoms with Gasteiger partial charge < -0.3 is 40.2 Å². The van der Waals surface area contributed by atoms with Crippen LogP contribution in [-0.2, 0) is 23.8 Å². The zero-order chi connectivity index (χ0) is 27.4. The van der Waals surface area contributed by atoms with Gasteiger partial charge in [-0.2, -0.15) is 0 Å². The minimum atomic E-state index is -1.44. The summed E-state index contributed by atoms with van der Waals surface area (Å²) in [7, 11) is 0. The molecule has 38 heavy (non-hydrogen) atoms. The van der Waals surface area contributed by atoms with Crippen LogP contribution < -0.4 is 10.6 Å². The van der Waals surface area contributed by atoms with Gasteiger partial charge in [-0.3, -0.25) is 9.59 Å². The van der Waals surface area contributed by atoms with Crippen LogP contribution in [0.3, 0.4) is 0 Å². The predicted molar refractivity (Wildman–Crippen MR) is 142 cm³/mol. The number of aliphatic hydroxyl groups is 3. The van der Waals surface area contributed by atoms with Crippen LogP contribution in [0.25, 0.3) is 0 Å². The highest BCUT2D eigenvalue weighted by molar-refractivity contribution is 8.00. The summed E-state index contributed by atoms with van der Waals surface area (Å²) in [5.74, 6) is 0.868. The Morgan fingerprint density at radius 3 is 2.63 bits per heavy atom. The Morgan fingerprint density at radius 1 is 1.13 bits per heavy atom. The highest BCUT2D eigenvalue weighted by Gasteiger charge is 2.49. The van der Waals surface area contributed by atoms with Gasteiger partial charge in [0.1, 0.15) is 42.5 Å². The van der Waals surface area contributed by atoms with Crippen molar-refractivity contribution in [2.75, 3.05) is 19.8 Å². The molecule has 0 aromatic heterocycles. The fourth-order valence-electron chi connectivity index (χ4n) is 6.19. The molecule has 5 N–H and O–H groups in total. The molecule has 0 spiro atoms. The van der Waals surface area contributed by atoms with E-state index in [0.29, 0.717) is 31.3 Å². The summed E-state index contributed by atoms with van der Waals surface area (Å²) < 4.78 is 17.5. The lowest BCUT2D eigenvalue weighted by atomic mass is 9.85. The van der Waals surface area contributed by atoms with Crippen LogP contribution in [0, 0.1) is 17.8 Å². The minimum Gasteiger partial charge on any atom is -0.465 e. The molecule has 11 atom stereocenters. The van der Waals surface area contributed by atoms with Crippen LogP contribution in [0.5, 0.6) is 0 Å². The molecule has 2 bridgehead atoms. The molecule has 0 aromatic carbocycles. The number of fused-ring (bicyclic) bond motifs is 3. The number of carbonyl (C=O) groups is 2. The van der Waals surface area contributed by atoms with Gasteiger partial charge in [-0.1, -0.05) is 26.0 Å². The Morgan fingerprint density at radius 2 is 1.89 bits per heavy atom. The molecule has 10 nitrogen and oxygen atoms in total. The van der Waals surface area contributed by atoms with Crippen molar-refractivity contribution in [3.63, 3.8) is 0 Å². The maximum atomic E-state index is 13.5. The number of hydrogen-bond donors (Lipinski definition) is 5. The van der Waals surface area contributed by atoms with Crippen LogP contribution in [0.2, 0.25) is 0 Å². The Bertz CT molecular complexity index is 844. The molecule has 4 aliphatic rings. The first-order chi connectivity index (χ1) is 18.1. The number of amides is 1. The molecule has 0 unspecified atom stereocenters. The van der Waals surface area contributed by atoms with Gasteiger partial charge in [0.25, 0.3) is 0 Å². The van der Waals surface area contributed by atoms with Gasteiger partial charge >= 0.3 is 5.97 Å². The first kappa shape index (κ1) is 29.8. The topological polar surface area (TPSA) is 147 Å². The predicted octanol–water partition coefficient (Wildman–Crippen LogP) is 0.723. The summed E-state index contributed by atoms with van der Waals surface area (Å²) in [4.78, 5) is 24.8. The third-order valence-corrected chi connectivity index (χ3v) is 9.41. The zero-order valence-electron chi connectivity index (χ0n) is 22.5. The van der Waals surface area contributed by atoms with Gasteiger partial charge in [-0.25, -0.2) is 0 Å². The van der Waals surface area contributed by atoms with Gasteiger partial charge in [0.2, 0.25) is 5.91 Å². The van der Waals surface area contributed by atoms with Crippen molar-refractivity contribution < 1.29 is 39.1 Å². The van der Waals surface area contributed by atoms with Crippen molar-refractivity contribution in [1.82, 2.24) is 10.6 Å². The summed E-state index contributed by atoms with van der Waals surface area (Å²) in [6.07, 6.45) is 2.66. The lowest BCUT2D eigenvalue weighted by molar-refractivity contribution is -0.205. The van der Waals surface area contributed by atoms with Crippen LogP contribution in [-0.4, -0.2) is 100 Å². The lowest BCUT2D eigenvalue weighted by Crippen LogP contribution is -2.64. The molecule has 0 aliphatic carbocycles. The average molecular weight is 557 g/mol. The van der Waals surface area contributed by atoms with E-state index in [1.807, 2.05) is 12.2 Å². The third kappa shape index (κ3) is 7.30. The summed E-state index contributed by atoms with van der Waals surface area (Å²) in [5.41, 5.74) is -0.859. The van der Waals surface area contributed by atoms with Gasteiger partial charge in [0.05, 0.1) is 12.1 Å². The van der Waals surface area contributed by atoms with Crippen LogP contribution in [0.1, 0.15) is 52.9 Å². The highest BCUT2D eigenvalue weighted by Crippen LogP contribution is 2.36. The first-order valence-electron chi connectivity index (χ1n) is 13.9. The molecule has 1 amide bonds. The molecule has 0 radical (unpaired) electrons. The standard InChI is InChI=1S/C27H44N2O8S/c1-14(2)10-16-8-9-35-24-17(11-16)12-28-20(24)26(34)29-19-7-5-4-6-18(13-36-15(3)30)38-27-23(33)21(31)22(32)25(19)37-27/h4-5,14,16-25,27-28,31-33H,6-13H2,1-3H3,(H,29,34)/t16-,17-,18-,19+,20-,21-,22+,23+,24+,25+,27+/m0/s1. The summed E-state index contributed by atoms with van der Waals surface area (Å²) in [6, 6.07) is -1.13. The molecule has 216 valence electrons. The van der Waals surface area contributed by atoms with Crippen LogP contribution in [0.4, 0.5) is 0 Å². The maximum Gasteiger partial charge on any atom is 0.302 e. The molecule has 11 heteroatoms. The number of hydrogen-bond acceptors (Lipinski definition) is 10. The number of aliphatic hydroxyl groups excluding tert-OH is 3. The number of carbonyl (C=O) groups excluding carboxylic acids is 2. The summed E-state index contributed by atoms with van der Waals surface area (Å²) in [6.45, 7) is 7.30. The fourth-order valence-corrected chi connectivity index (χ4v) is 7.45. The monoisotopic (exact) mass is 556 g/mol. The molecule has 4 heterocycles. The molecular weight excluding hydrogens is 512 g/mol. The Labute approximate surface area is 229 Å². The summed E-state index contributed by atoms with van der Waals surface area (Å²) in [5, 5.41) is 38.3. The number of rotatable bonds is 6. The largest absolute Gasteiger partial charge is 0.465 e. The number of ether oxygens (including phenoxy) is 3. The molecule has 0 aromatic rings. The van der Waals surface area contributed by atoms with Gasteiger partial charge in [0.15, 0.2) is 0 Å². The highest BCUT2D eigenvalue weighted by atomic mass is 32.2. The number of allylic oxidation sites excluding steroid dienone is 1. The fraction of sp³-hybridized carbons (Fsp3) is 0.852. The Balaban J connectivity index is 1.45. The SMILES string of the molecule is CC(=O)OC[C@@H]1CC=CC[C@@H](NC(=O)[C@H]2NC[C@@H]3C[C@H](CC(C)C)CCO[C@H]32)[C@H]2O[C@H](S1)[C@H](O)[C@@H](O)[C@H]2O. The van der Waals surface area contributed by atoms with E-state index in [-0.39, 0.29) is 29.8 Å². The number of thioether (sulfide) groups is 1. The Hall–Kier alpha value is -1.21. The zero-order valence-corrected chi connectivity index (χ0v) is 23.3. The molecule has 4 aliphatic heterocycles. The second kappa shape index (κ2) is 13.4. The van der Waals surface area contributed by atoms with Gasteiger partial charge in [0, 0.05) is 25.3 Å². The third-order valence-electron chi connectivity index (χ3n) is 8.04. The van der Waals surface area contributed by atoms with E-state index in [9.17, 15) is 24.9 Å². The molecule has 4 rings (SSSR count). The van der Waals surface area contributed by atoms with Crippen molar-refractivity contribution in [3.8, 4) is 0 Å². The van der Waals surface area contributed by atoms with Crippen molar-refractivity contribution in [3.05, 3.63) is 12.2 Å². The molecule has 3 fully saturated rings. The molecule has 3 saturated heterocycles. The van der Waals surface area contributed by atoms with Crippen LogP contribution >= 0.6 is 11.8 Å². The number of esters is 1. The van der Waals surface area contributed by atoms with Gasteiger partial charge in [-0.15, -0.1) is 11.8 Å². The minimum absolute atomic E-state index is 0.133. The first-order valence-corrected chi connectivity index (χ1v) is 14.9. The van der Waals surface area contributed by atoms with E-state index in [1.165, 1.54) is 18.7 Å². The van der Waals surface area contributed by atoms with Crippen molar-refractivity contribution in [1.29, 1.82) is 0 Å². The Kier molecular flexibility index (Phi) is 10.5. The average Bonchev–Trinajstić information content (AvgIpc) is 3.15. The quantitative estimate of drug-likeness (QED) is 0.234. The van der Waals surface area contributed by atoms with E-state index in [2.05, 4.69) is 24.5 Å². The summed E-state index contributed by atoms with van der Waals surface area (Å²) >= 11 is 1.25. The van der Waals surface area contributed by atoms with Crippen molar-refractivity contribution >= 4 is 23.6 Å². The second-order valence-corrected chi connectivity index (χ2v) is 13.0. The normalized spacial score (nSPS) is 41.7. The second-order valence-electron chi connectivity index (χ2n) is 11.6. The molecule has 0 saturated carbocycles. The van der Waals surface area contributed by atoms with Crippen LogP contribution in [0.15, 0.2) is 12.2 Å². The smallest absolute Gasteiger partial charge is 0.302 e.